The zero-order valence-electron chi connectivity index (χ0n) is 7.65. The number of hydrogen-bond donors (Lipinski definition) is 1. The number of rotatable bonds is 3. The van der Waals surface area contributed by atoms with Gasteiger partial charge in [-0.25, -0.2) is 4.79 Å². The fourth-order valence-corrected chi connectivity index (χ4v) is 1.77. The summed E-state index contributed by atoms with van der Waals surface area (Å²) in [6.07, 6.45) is 1.77. The van der Waals surface area contributed by atoms with E-state index in [2.05, 4.69) is 0 Å². The first-order chi connectivity index (χ1) is 6.11. The van der Waals surface area contributed by atoms with Crippen LogP contribution in [0.4, 0.5) is 0 Å². The van der Waals surface area contributed by atoms with Crippen LogP contribution in [0.15, 0.2) is 23.6 Å². The Hall–Kier alpha value is -1.09. The molecular weight excluding hydrogens is 184 g/mol. The molecule has 0 atom stereocenters. The lowest BCUT2D eigenvalue weighted by Gasteiger charge is -2.00. The molecule has 0 bridgehead atoms. The summed E-state index contributed by atoms with van der Waals surface area (Å²) in [6, 6.07) is 3.68. The second-order valence-corrected chi connectivity index (χ2v) is 4.05. The molecule has 13 heavy (non-hydrogen) atoms. The maximum Gasteiger partial charge on any atom is 0.336 e. The zero-order valence-corrected chi connectivity index (χ0v) is 8.47. The third kappa shape index (κ3) is 2.70. The Balaban J connectivity index is 3.01. The van der Waals surface area contributed by atoms with Gasteiger partial charge in [0, 0.05) is 4.88 Å². The SMILES string of the molecule is CC(C)C=C(C(=O)O)c1cccs1. The van der Waals surface area contributed by atoms with Crippen LogP contribution in [0.25, 0.3) is 5.57 Å². The molecular formula is C10H12O2S. The second-order valence-electron chi connectivity index (χ2n) is 3.11. The summed E-state index contributed by atoms with van der Waals surface area (Å²) < 4.78 is 0. The molecule has 1 aromatic heterocycles. The van der Waals surface area contributed by atoms with E-state index in [0.717, 1.165) is 4.88 Å². The Bertz CT molecular complexity index is 310. The molecule has 0 aliphatic rings. The molecule has 3 heteroatoms. The molecule has 0 unspecified atom stereocenters. The van der Waals surface area contributed by atoms with Crippen LogP contribution >= 0.6 is 11.3 Å². The lowest BCUT2D eigenvalue weighted by molar-refractivity contribution is -0.130. The van der Waals surface area contributed by atoms with Gasteiger partial charge < -0.3 is 5.11 Å². The molecule has 0 fully saturated rings. The minimum atomic E-state index is -0.851. The summed E-state index contributed by atoms with van der Waals surface area (Å²) in [6.45, 7) is 3.94. The summed E-state index contributed by atoms with van der Waals surface area (Å²) in [5, 5.41) is 10.8. The molecule has 1 aromatic rings. The predicted octanol–water partition coefficient (Wildman–Crippen LogP) is 2.87. The lowest BCUT2D eigenvalue weighted by atomic mass is 10.1. The van der Waals surface area contributed by atoms with Gasteiger partial charge in [-0.05, 0) is 17.4 Å². The monoisotopic (exact) mass is 196 g/mol. The standard InChI is InChI=1S/C10H12O2S/c1-7(2)6-8(10(11)12)9-4-3-5-13-9/h3-7H,1-2H3,(H,11,12). The number of carboxylic acid groups (broad SMARTS) is 1. The largest absolute Gasteiger partial charge is 0.478 e. The molecule has 0 radical (unpaired) electrons. The first-order valence-electron chi connectivity index (χ1n) is 4.10. The van der Waals surface area contributed by atoms with Crippen molar-refractivity contribution in [3.05, 3.63) is 28.5 Å². The minimum Gasteiger partial charge on any atom is -0.478 e. The van der Waals surface area contributed by atoms with Crippen LogP contribution in [0.1, 0.15) is 18.7 Å². The normalized spacial score (nSPS) is 12.1. The third-order valence-corrected chi connectivity index (χ3v) is 2.42. The van der Waals surface area contributed by atoms with Crippen LogP contribution in [0.2, 0.25) is 0 Å². The summed E-state index contributed by atoms with van der Waals surface area (Å²) >= 11 is 1.45. The summed E-state index contributed by atoms with van der Waals surface area (Å²) in [5.74, 6) is -0.593. The molecule has 1 rings (SSSR count). The first-order valence-corrected chi connectivity index (χ1v) is 4.98. The Morgan fingerprint density at radius 2 is 2.31 bits per heavy atom. The third-order valence-electron chi connectivity index (χ3n) is 1.52. The molecule has 2 nitrogen and oxygen atoms in total. The van der Waals surface area contributed by atoms with Crippen LogP contribution < -0.4 is 0 Å². The van der Waals surface area contributed by atoms with Crippen molar-refractivity contribution in [1.29, 1.82) is 0 Å². The van der Waals surface area contributed by atoms with Gasteiger partial charge in [-0.1, -0.05) is 26.0 Å². The van der Waals surface area contributed by atoms with E-state index >= 15 is 0 Å². The van der Waals surface area contributed by atoms with E-state index in [1.54, 1.807) is 6.08 Å². The Morgan fingerprint density at radius 3 is 2.69 bits per heavy atom. The van der Waals surface area contributed by atoms with Crippen molar-refractivity contribution in [2.75, 3.05) is 0 Å². The van der Waals surface area contributed by atoms with Crippen LogP contribution in [0, 0.1) is 5.92 Å². The number of thiophene rings is 1. The van der Waals surface area contributed by atoms with Crippen molar-refractivity contribution in [2.24, 2.45) is 5.92 Å². The molecule has 0 amide bonds. The van der Waals surface area contributed by atoms with Crippen molar-refractivity contribution in [3.63, 3.8) is 0 Å². The minimum absolute atomic E-state index is 0.258. The van der Waals surface area contributed by atoms with Crippen molar-refractivity contribution in [1.82, 2.24) is 0 Å². The van der Waals surface area contributed by atoms with Gasteiger partial charge in [0.05, 0.1) is 5.57 Å². The smallest absolute Gasteiger partial charge is 0.336 e. The van der Waals surface area contributed by atoms with Gasteiger partial charge in [0.1, 0.15) is 0 Å². The van der Waals surface area contributed by atoms with Crippen LogP contribution in [-0.2, 0) is 4.79 Å². The topological polar surface area (TPSA) is 37.3 Å². The maximum absolute atomic E-state index is 10.9. The number of carbonyl (C=O) groups is 1. The van der Waals surface area contributed by atoms with Crippen LogP contribution in [-0.4, -0.2) is 11.1 Å². The fourth-order valence-electron chi connectivity index (χ4n) is 1.02. The average Bonchev–Trinajstić information content (AvgIpc) is 2.50. The van der Waals surface area contributed by atoms with Gasteiger partial charge in [-0.15, -0.1) is 11.3 Å². The lowest BCUT2D eigenvalue weighted by Crippen LogP contribution is -1.99. The molecule has 0 aromatic carbocycles. The van der Waals surface area contributed by atoms with Crippen molar-refractivity contribution < 1.29 is 9.90 Å². The van der Waals surface area contributed by atoms with E-state index in [9.17, 15) is 4.79 Å². The number of hydrogen-bond acceptors (Lipinski definition) is 2. The van der Waals surface area contributed by atoms with Crippen molar-refractivity contribution in [3.8, 4) is 0 Å². The number of allylic oxidation sites excluding steroid dienone is 1. The van der Waals surface area contributed by atoms with E-state index < -0.39 is 5.97 Å². The van der Waals surface area contributed by atoms with E-state index in [1.165, 1.54) is 11.3 Å². The fraction of sp³-hybridized carbons (Fsp3) is 0.300. The highest BCUT2D eigenvalue weighted by atomic mass is 32.1. The highest BCUT2D eigenvalue weighted by Gasteiger charge is 2.11. The molecule has 0 spiro atoms. The molecule has 0 saturated carbocycles. The van der Waals surface area contributed by atoms with Gasteiger partial charge in [-0.3, -0.25) is 0 Å². The quantitative estimate of drug-likeness (QED) is 0.755. The van der Waals surface area contributed by atoms with Gasteiger partial charge >= 0.3 is 5.97 Å². The first kappa shape index (κ1) is 9.99. The van der Waals surface area contributed by atoms with E-state index in [-0.39, 0.29) is 5.92 Å². The van der Waals surface area contributed by atoms with Gasteiger partial charge in [0.2, 0.25) is 0 Å². The van der Waals surface area contributed by atoms with Crippen LogP contribution in [0.5, 0.6) is 0 Å². The van der Waals surface area contributed by atoms with E-state index in [0.29, 0.717) is 5.57 Å². The molecule has 1 heterocycles. The number of aliphatic carboxylic acids is 1. The van der Waals surface area contributed by atoms with Gasteiger partial charge in [-0.2, -0.15) is 0 Å². The molecule has 70 valence electrons. The van der Waals surface area contributed by atoms with E-state index in [4.69, 9.17) is 5.11 Å². The van der Waals surface area contributed by atoms with E-state index in [1.807, 2.05) is 31.4 Å². The second kappa shape index (κ2) is 4.23. The zero-order chi connectivity index (χ0) is 9.84. The summed E-state index contributed by atoms with van der Waals surface area (Å²) in [7, 11) is 0. The molecule has 0 aliphatic heterocycles. The maximum atomic E-state index is 10.9. The average molecular weight is 196 g/mol. The number of carboxylic acids is 1. The molecule has 0 aliphatic carbocycles. The Morgan fingerprint density at radius 1 is 1.62 bits per heavy atom. The van der Waals surface area contributed by atoms with Gasteiger partial charge in [0.15, 0.2) is 0 Å². The van der Waals surface area contributed by atoms with Crippen molar-refractivity contribution in [2.45, 2.75) is 13.8 Å². The predicted molar refractivity (Wildman–Crippen MR) is 54.8 cm³/mol. The molecule has 0 saturated heterocycles. The Kier molecular flexibility index (Phi) is 3.25. The summed E-state index contributed by atoms with van der Waals surface area (Å²) in [5.41, 5.74) is 0.407. The molecule has 1 N–H and O–H groups in total. The Labute approximate surface area is 81.5 Å². The highest BCUT2D eigenvalue weighted by Crippen LogP contribution is 2.21. The van der Waals surface area contributed by atoms with Crippen LogP contribution in [0.3, 0.4) is 0 Å². The summed E-state index contributed by atoms with van der Waals surface area (Å²) in [4.78, 5) is 11.7. The van der Waals surface area contributed by atoms with Crippen molar-refractivity contribution >= 4 is 22.9 Å². The van der Waals surface area contributed by atoms with Gasteiger partial charge in [0.25, 0.3) is 0 Å². The highest BCUT2D eigenvalue weighted by molar-refractivity contribution is 7.11.